The topological polar surface area (TPSA) is 53.7 Å². The van der Waals surface area contributed by atoms with Crippen molar-refractivity contribution in [2.45, 2.75) is 6.04 Å². The van der Waals surface area contributed by atoms with E-state index >= 15 is 0 Å². The van der Waals surface area contributed by atoms with Crippen LogP contribution in [0.1, 0.15) is 17.2 Å². The summed E-state index contributed by atoms with van der Waals surface area (Å²) in [4.78, 5) is 0. The minimum atomic E-state index is -0.508. The van der Waals surface area contributed by atoms with E-state index in [1.807, 2.05) is 6.07 Å². The third-order valence-electron chi connectivity index (χ3n) is 3.31. The normalized spacial score (nSPS) is 11.9. The summed E-state index contributed by atoms with van der Waals surface area (Å²) in [5, 5.41) is 0. The Balaban J connectivity index is 2.39. The zero-order chi connectivity index (χ0) is 15.4. The fourth-order valence-electron chi connectivity index (χ4n) is 2.13. The zero-order valence-corrected chi connectivity index (χ0v) is 12.2. The van der Waals surface area contributed by atoms with Crippen LogP contribution >= 0.6 is 0 Å². The molecular weight excluding hydrogens is 273 g/mol. The molecule has 0 aliphatic carbocycles. The second-order valence-electron chi connectivity index (χ2n) is 4.48. The highest BCUT2D eigenvalue weighted by Gasteiger charge is 2.16. The van der Waals surface area contributed by atoms with Crippen LogP contribution in [0.25, 0.3) is 0 Å². The van der Waals surface area contributed by atoms with Gasteiger partial charge in [-0.1, -0.05) is 6.07 Å². The molecule has 0 bridgehead atoms. The summed E-state index contributed by atoms with van der Waals surface area (Å²) in [5.41, 5.74) is 7.60. The molecule has 0 heterocycles. The largest absolute Gasteiger partial charge is 0.497 e. The second kappa shape index (κ2) is 6.45. The smallest absolute Gasteiger partial charge is 0.165 e. The van der Waals surface area contributed by atoms with Gasteiger partial charge in [0.05, 0.1) is 27.4 Å². The zero-order valence-electron chi connectivity index (χ0n) is 12.2. The molecule has 0 saturated heterocycles. The lowest BCUT2D eigenvalue weighted by atomic mass is 9.98. The Kier molecular flexibility index (Phi) is 4.65. The van der Waals surface area contributed by atoms with Crippen LogP contribution in [-0.4, -0.2) is 21.3 Å². The van der Waals surface area contributed by atoms with E-state index < -0.39 is 11.9 Å². The number of nitrogens with two attached hydrogens (primary N) is 1. The predicted octanol–water partition coefficient (Wildman–Crippen LogP) is 2.90. The summed E-state index contributed by atoms with van der Waals surface area (Å²) in [7, 11) is 4.55. The van der Waals surface area contributed by atoms with Crippen LogP contribution in [0.15, 0.2) is 36.4 Å². The number of hydrogen-bond donors (Lipinski definition) is 1. The molecule has 0 radical (unpaired) electrons. The van der Waals surface area contributed by atoms with Gasteiger partial charge >= 0.3 is 0 Å². The van der Waals surface area contributed by atoms with Crippen molar-refractivity contribution in [3.8, 4) is 17.2 Å². The Bertz CT molecular complexity index is 631. The molecule has 1 unspecified atom stereocenters. The molecule has 4 nitrogen and oxygen atoms in total. The first kappa shape index (κ1) is 15.1. The number of halogens is 1. The first-order valence-corrected chi connectivity index (χ1v) is 6.41. The molecule has 2 N–H and O–H groups in total. The molecule has 0 amide bonds. The van der Waals surface area contributed by atoms with E-state index in [1.54, 1.807) is 38.5 Å². The monoisotopic (exact) mass is 291 g/mol. The van der Waals surface area contributed by atoms with Crippen LogP contribution < -0.4 is 19.9 Å². The molecule has 0 aromatic heterocycles. The molecule has 0 aliphatic heterocycles. The van der Waals surface area contributed by atoms with E-state index in [1.165, 1.54) is 13.2 Å². The molecule has 5 heteroatoms. The summed E-state index contributed by atoms with van der Waals surface area (Å²) < 4.78 is 29.2. The van der Waals surface area contributed by atoms with Crippen LogP contribution in [0.4, 0.5) is 4.39 Å². The molecule has 0 spiro atoms. The predicted molar refractivity (Wildman–Crippen MR) is 78.5 cm³/mol. The molecule has 2 rings (SSSR count). The van der Waals surface area contributed by atoms with Gasteiger partial charge in [-0.15, -0.1) is 0 Å². The van der Waals surface area contributed by atoms with Gasteiger partial charge in [0.25, 0.3) is 0 Å². The van der Waals surface area contributed by atoms with Crippen molar-refractivity contribution in [1.82, 2.24) is 0 Å². The molecule has 0 aliphatic rings. The summed E-state index contributed by atoms with van der Waals surface area (Å²) >= 11 is 0. The molecule has 2 aromatic rings. The number of ether oxygens (including phenoxy) is 3. The fourth-order valence-corrected chi connectivity index (χ4v) is 2.13. The third kappa shape index (κ3) is 3.08. The quantitative estimate of drug-likeness (QED) is 0.920. The van der Waals surface area contributed by atoms with Gasteiger partial charge < -0.3 is 19.9 Å². The highest BCUT2D eigenvalue weighted by atomic mass is 19.1. The lowest BCUT2D eigenvalue weighted by Crippen LogP contribution is -2.13. The van der Waals surface area contributed by atoms with Crippen molar-refractivity contribution in [1.29, 1.82) is 0 Å². The van der Waals surface area contributed by atoms with Crippen molar-refractivity contribution in [2.75, 3.05) is 21.3 Å². The number of benzene rings is 2. The lowest BCUT2D eigenvalue weighted by Gasteiger charge is -2.17. The van der Waals surface area contributed by atoms with Gasteiger partial charge in [0, 0.05) is 11.6 Å². The molecular formula is C16H18FNO3. The Hall–Kier alpha value is -2.27. The van der Waals surface area contributed by atoms with Gasteiger partial charge in [0.2, 0.25) is 0 Å². The minimum Gasteiger partial charge on any atom is -0.497 e. The van der Waals surface area contributed by atoms with Gasteiger partial charge in [0.1, 0.15) is 11.5 Å². The number of methoxy groups -OCH3 is 3. The first-order chi connectivity index (χ1) is 10.1. The van der Waals surface area contributed by atoms with E-state index in [0.717, 1.165) is 5.56 Å². The van der Waals surface area contributed by atoms with E-state index in [0.29, 0.717) is 17.1 Å². The van der Waals surface area contributed by atoms with E-state index in [4.69, 9.17) is 19.9 Å². The second-order valence-corrected chi connectivity index (χ2v) is 4.48. The maximum Gasteiger partial charge on any atom is 0.165 e. The Morgan fingerprint density at radius 1 is 0.905 bits per heavy atom. The lowest BCUT2D eigenvalue weighted by molar-refractivity contribution is 0.385. The average Bonchev–Trinajstić information content (AvgIpc) is 2.53. The van der Waals surface area contributed by atoms with Crippen LogP contribution in [0.3, 0.4) is 0 Å². The molecule has 0 saturated carbocycles. The van der Waals surface area contributed by atoms with E-state index in [9.17, 15) is 4.39 Å². The fraction of sp³-hybridized carbons (Fsp3) is 0.250. The van der Waals surface area contributed by atoms with E-state index in [-0.39, 0.29) is 5.75 Å². The standard InChI is InChI=1S/C16H18FNO3/c1-19-11-5-6-12(15(9-11)21-3)16(18)10-4-7-14(20-2)13(17)8-10/h4-9,16H,18H2,1-3H3. The summed E-state index contributed by atoms with van der Waals surface area (Å²) in [6, 6.07) is 9.49. The highest BCUT2D eigenvalue weighted by molar-refractivity contribution is 5.46. The molecule has 2 aromatic carbocycles. The van der Waals surface area contributed by atoms with Crippen LogP contribution in [0.5, 0.6) is 17.2 Å². The maximum absolute atomic E-state index is 13.8. The van der Waals surface area contributed by atoms with E-state index in [2.05, 4.69) is 0 Å². The molecule has 21 heavy (non-hydrogen) atoms. The van der Waals surface area contributed by atoms with Gasteiger partial charge in [-0.2, -0.15) is 0 Å². The molecule has 112 valence electrons. The Morgan fingerprint density at radius 3 is 2.19 bits per heavy atom. The van der Waals surface area contributed by atoms with Gasteiger partial charge in [-0.3, -0.25) is 0 Å². The number of hydrogen-bond acceptors (Lipinski definition) is 4. The maximum atomic E-state index is 13.8. The number of rotatable bonds is 5. The van der Waals surface area contributed by atoms with Crippen LogP contribution in [0.2, 0.25) is 0 Å². The molecule has 1 atom stereocenters. The summed E-state index contributed by atoms with van der Waals surface area (Å²) in [6.45, 7) is 0. The minimum absolute atomic E-state index is 0.188. The van der Waals surface area contributed by atoms with Crippen LogP contribution in [-0.2, 0) is 0 Å². The van der Waals surface area contributed by atoms with Crippen molar-refractivity contribution in [3.05, 3.63) is 53.3 Å². The van der Waals surface area contributed by atoms with Gasteiger partial charge in [-0.05, 0) is 29.8 Å². The van der Waals surface area contributed by atoms with Crippen LogP contribution in [0, 0.1) is 5.82 Å². The third-order valence-corrected chi connectivity index (χ3v) is 3.31. The Morgan fingerprint density at radius 2 is 1.62 bits per heavy atom. The van der Waals surface area contributed by atoms with Crippen molar-refractivity contribution in [2.24, 2.45) is 5.73 Å². The van der Waals surface area contributed by atoms with Gasteiger partial charge in [0.15, 0.2) is 11.6 Å². The van der Waals surface area contributed by atoms with Crippen molar-refractivity contribution in [3.63, 3.8) is 0 Å². The Labute approximate surface area is 123 Å². The van der Waals surface area contributed by atoms with Gasteiger partial charge in [-0.25, -0.2) is 4.39 Å². The SMILES string of the molecule is COc1ccc(C(N)c2ccc(OC)c(F)c2)c(OC)c1. The van der Waals surface area contributed by atoms with Crippen molar-refractivity contribution >= 4 is 0 Å². The molecule has 0 fully saturated rings. The average molecular weight is 291 g/mol. The highest BCUT2D eigenvalue weighted by Crippen LogP contribution is 2.32. The van der Waals surface area contributed by atoms with Crippen molar-refractivity contribution < 1.29 is 18.6 Å². The summed E-state index contributed by atoms with van der Waals surface area (Å²) in [5.74, 6) is 1.01. The first-order valence-electron chi connectivity index (χ1n) is 6.41. The summed E-state index contributed by atoms with van der Waals surface area (Å²) in [6.07, 6.45) is 0.